The van der Waals surface area contributed by atoms with Crippen LogP contribution in [0.3, 0.4) is 0 Å². The summed E-state index contributed by atoms with van der Waals surface area (Å²) in [5.41, 5.74) is 3.42. The molecule has 0 spiro atoms. The predicted octanol–water partition coefficient (Wildman–Crippen LogP) is 2.56. The summed E-state index contributed by atoms with van der Waals surface area (Å²) in [5.74, 6) is 2.40. The largest absolute Gasteiger partial charge is 0.492 e. The van der Waals surface area contributed by atoms with Crippen molar-refractivity contribution in [2.45, 2.75) is 39.2 Å². The molecule has 0 saturated carbocycles. The minimum Gasteiger partial charge on any atom is -0.492 e. The van der Waals surface area contributed by atoms with Crippen LogP contribution >= 0.6 is 0 Å². The van der Waals surface area contributed by atoms with Crippen molar-refractivity contribution in [2.75, 3.05) is 32.8 Å². The second-order valence-corrected chi connectivity index (χ2v) is 7.84. The topological polar surface area (TPSA) is 58.6 Å². The van der Waals surface area contributed by atoms with Crippen molar-refractivity contribution in [3.8, 4) is 5.75 Å². The number of fused-ring (bicyclic) bond motifs is 1. The zero-order chi connectivity index (χ0) is 19.5. The van der Waals surface area contributed by atoms with Crippen molar-refractivity contribution in [1.82, 2.24) is 19.8 Å². The fourth-order valence-electron chi connectivity index (χ4n) is 4.04. The molecule has 1 fully saturated rings. The lowest BCUT2D eigenvalue weighted by molar-refractivity contribution is -0.129. The van der Waals surface area contributed by atoms with Crippen LogP contribution in [0, 0.1) is 6.92 Å². The van der Waals surface area contributed by atoms with E-state index in [1.54, 1.807) is 6.92 Å². The van der Waals surface area contributed by atoms with Gasteiger partial charge in [0.15, 0.2) is 0 Å². The Morgan fingerprint density at radius 3 is 3.04 bits per heavy atom. The average molecular weight is 380 g/mol. The van der Waals surface area contributed by atoms with Gasteiger partial charge in [0, 0.05) is 57.2 Å². The molecule has 1 saturated heterocycles. The summed E-state index contributed by atoms with van der Waals surface area (Å²) < 4.78 is 5.89. The summed E-state index contributed by atoms with van der Waals surface area (Å²) in [6, 6.07) is 8.18. The fraction of sp³-hybridized carbons (Fsp3) is 0.500. The Balaban J connectivity index is 1.30. The average Bonchev–Trinajstić information content (AvgIpc) is 3.16. The van der Waals surface area contributed by atoms with Crippen molar-refractivity contribution in [2.24, 2.45) is 0 Å². The number of amides is 1. The molecule has 4 rings (SSSR count). The molecule has 6 heteroatoms. The van der Waals surface area contributed by atoms with E-state index in [-0.39, 0.29) is 5.91 Å². The third-order valence-corrected chi connectivity index (χ3v) is 5.70. The van der Waals surface area contributed by atoms with E-state index in [4.69, 9.17) is 9.72 Å². The van der Waals surface area contributed by atoms with Crippen LogP contribution in [0.5, 0.6) is 5.75 Å². The van der Waals surface area contributed by atoms with Gasteiger partial charge in [-0.05, 0) is 37.6 Å². The first-order valence-electron chi connectivity index (χ1n) is 10.1. The van der Waals surface area contributed by atoms with Gasteiger partial charge in [-0.25, -0.2) is 9.97 Å². The smallest absolute Gasteiger partial charge is 0.219 e. The zero-order valence-electron chi connectivity index (χ0n) is 16.7. The molecule has 0 aliphatic carbocycles. The van der Waals surface area contributed by atoms with Gasteiger partial charge in [0.05, 0.1) is 5.69 Å². The second-order valence-electron chi connectivity index (χ2n) is 7.84. The molecule has 0 N–H and O–H groups in total. The van der Waals surface area contributed by atoms with Crippen LogP contribution in [0.2, 0.25) is 0 Å². The number of hydrogen-bond acceptors (Lipinski definition) is 5. The van der Waals surface area contributed by atoms with E-state index in [0.29, 0.717) is 19.1 Å². The molecule has 6 nitrogen and oxygen atoms in total. The highest BCUT2D eigenvalue weighted by Crippen LogP contribution is 2.26. The summed E-state index contributed by atoms with van der Waals surface area (Å²) in [6.45, 7) is 8.75. The Hall–Kier alpha value is -2.47. The number of benzene rings is 1. The van der Waals surface area contributed by atoms with Crippen molar-refractivity contribution in [3.63, 3.8) is 0 Å². The van der Waals surface area contributed by atoms with E-state index >= 15 is 0 Å². The Labute approximate surface area is 166 Å². The molecule has 3 heterocycles. The van der Waals surface area contributed by atoms with Gasteiger partial charge in [-0.3, -0.25) is 9.69 Å². The molecular weight excluding hydrogens is 352 g/mol. The number of aryl methyl sites for hydroxylation is 1. The quantitative estimate of drug-likeness (QED) is 0.798. The lowest BCUT2D eigenvalue weighted by Crippen LogP contribution is -2.35. The van der Waals surface area contributed by atoms with Gasteiger partial charge in [0.25, 0.3) is 0 Å². The van der Waals surface area contributed by atoms with Crippen molar-refractivity contribution >= 4 is 5.91 Å². The first-order valence-corrected chi connectivity index (χ1v) is 10.1. The number of aromatic nitrogens is 2. The predicted molar refractivity (Wildman–Crippen MR) is 107 cm³/mol. The van der Waals surface area contributed by atoms with Gasteiger partial charge in [-0.15, -0.1) is 0 Å². The molecule has 0 bridgehead atoms. The van der Waals surface area contributed by atoms with Gasteiger partial charge < -0.3 is 9.64 Å². The number of ether oxygens (including phenoxy) is 1. The molecule has 2 aliphatic heterocycles. The highest BCUT2D eigenvalue weighted by Gasteiger charge is 2.27. The zero-order valence-corrected chi connectivity index (χ0v) is 16.7. The third-order valence-electron chi connectivity index (χ3n) is 5.70. The molecule has 1 atom stereocenters. The van der Waals surface area contributed by atoms with Crippen LogP contribution in [-0.2, 0) is 17.8 Å². The van der Waals surface area contributed by atoms with Crippen molar-refractivity contribution < 1.29 is 9.53 Å². The minimum absolute atomic E-state index is 0.119. The minimum atomic E-state index is 0.119. The second kappa shape index (κ2) is 8.27. The number of nitrogens with zero attached hydrogens (tertiary/aromatic N) is 4. The number of hydrogen-bond donors (Lipinski definition) is 0. The number of carbonyl (C=O) groups is 1. The molecule has 1 aromatic heterocycles. The van der Waals surface area contributed by atoms with E-state index in [9.17, 15) is 4.79 Å². The highest BCUT2D eigenvalue weighted by atomic mass is 16.5. The van der Waals surface area contributed by atoms with E-state index in [2.05, 4.69) is 28.9 Å². The maximum atomic E-state index is 11.6. The molecule has 1 unspecified atom stereocenters. The normalized spacial score (nSPS) is 19.5. The van der Waals surface area contributed by atoms with Crippen LogP contribution in [0.15, 0.2) is 30.5 Å². The van der Waals surface area contributed by atoms with Crippen LogP contribution in [-0.4, -0.2) is 58.5 Å². The molecule has 28 heavy (non-hydrogen) atoms. The van der Waals surface area contributed by atoms with Gasteiger partial charge >= 0.3 is 0 Å². The van der Waals surface area contributed by atoms with E-state index in [0.717, 1.165) is 61.9 Å². The van der Waals surface area contributed by atoms with Crippen molar-refractivity contribution in [1.29, 1.82) is 0 Å². The Bertz CT molecular complexity index is 854. The van der Waals surface area contributed by atoms with Gasteiger partial charge in [0.1, 0.15) is 18.2 Å². The molecule has 1 amide bonds. The Morgan fingerprint density at radius 1 is 1.32 bits per heavy atom. The SMILES string of the molecule is CC(=O)N1CCc2nc(C3CCN(CCOc4cccc(C)c4)C3)ncc2C1. The molecule has 148 valence electrons. The Morgan fingerprint density at radius 2 is 2.21 bits per heavy atom. The van der Waals surface area contributed by atoms with Crippen LogP contribution < -0.4 is 4.74 Å². The summed E-state index contributed by atoms with van der Waals surface area (Å²) in [4.78, 5) is 25.4. The molecule has 2 aromatic rings. The standard InChI is InChI=1S/C22H28N4O2/c1-16-4-3-5-20(12-16)28-11-10-25-8-6-18(14-25)22-23-13-19-15-26(17(2)27)9-7-21(19)24-22/h3-5,12-13,18H,6-11,14-15H2,1-2H3. The Kier molecular flexibility index (Phi) is 5.57. The molecular formula is C22H28N4O2. The van der Waals surface area contributed by atoms with Crippen molar-refractivity contribution in [3.05, 3.63) is 53.1 Å². The number of carbonyl (C=O) groups excluding carboxylic acids is 1. The van der Waals surface area contributed by atoms with E-state index < -0.39 is 0 Å². The third kappa shape index (κ3) is 4.33. The van der Waals surface area contributed by atoms with Gasteiger partial charge in [0.2, 0.25) is 5.91 Å². The number of rotatable bonds is 5. The maximum Gasteiger partial charge on any atom is 0.219 e. The monoisotopic (exact) mass is 380 g/mol. The van der Waals surface area contributed by atoms with E-state index in [1.165, 1.54) is 5.56 Å². The summed E-state index contributed by atoms with van der Waals surface area (Å²) in [6.07, 6.45) is 3.84. The highest BCUT2D eigenvalue weighted by molar-refractivity contribution is 5.73. The summed E-state index contributed by atoms with van der Waals surface area (Å²) >= 11 is 0. The van der Waals surface area contributed by atoms with E-state index in [1.807, 2.05) is 23.2 Å². The lowest BCUT2D eigenvalue weighted by atomic mass is 10.0. The first kappa shape index (κ1) is 18.9. The maximum absolute atomic E-state index is 11.6. The van der Waals surface area contributed by atoms with Crippen LogP contribution in [0.1, 0.15) is 41.9 Å². The molecule has 0 radical (unpaired) electrons. The van der Waals surface area contributed by atoms with Crippen LogP contribution in [0.25, 0.3) is 0 Å². The first-order chi connectivity index (χ1) is 13.6. The molecule has 1 aromatic carbocycles. The number of likely N-dealkylation sites (tertiary alicyclic amines) is 1. The summed E-state index contributed by atoms with van der Waals surface area (Å²) in [7, 11) is 0. The van der Waals surface area contributed by atoms with Crippen LogP contribution in [0.4, 0.5) is 0 Å². The fourth-order valence-corrected chi connectivity index (χ4v) is 4.04. The molecule has 2 aliphatic rings. The van der Waals surface area contributed by atoms with Gasteiger partial charge in [-0.1, -0.05) is 12.1 Å². The lowest BCUT2D eigenvalue weighted by Gasteiger charge is -2.27. The van der Waals surface area contributed by atoms with Gasteiger partial charge in [-0.2, -0.15) is 0 Å². The summed E-state index contributed by atoms with van der Waals surface area (Å²) in [5, 5.41) is 0.